The molecule has 0 aromatic rings. The number of halogens is 6. The molecule has 0 atom stereocenters. The minimum Gasteiger partial charge on any atom is -0.741 e. The third-order valence-corrected chi connectivity index (χ3v) is 2.87. The zero-order chi connectivity index (χ0) is 21.1. The molecule has 0 aromatic carbocycles. The van der Waals surface area contributed by atoms with Gasteiger partial charge in [0.25, 0.3) is 0 Å². The van der Waals surface area contributed by atoms with E-state index in [1.54, 1.807) is 0 Å². The average molecular weight is 476 g/mol. The molecule has 2 aliphatic rings. The van der Waals surface area contributed by atoms with Crippen molar-refractivity contribution in [3.8, 4) is 0 Å². The van der Waals surface area contributed by atoms with E-state index in [9.17, 15) is 26.3 Å². The topological polar surface area (TPSA) is 114 Å². The van der Waals surface area contributed by atoms with Gasteiger partial charge in [0.05, 0.1) is 0 Å². The van der Waals surface area contributed by atoms with E-state index in [1.807, 2.05) is 24.3 Å². The first kappa shape index (κ1) is 30.8. The van der Waals surface area contributed by atoms with E-state index in [4.69, 9.17) is 25.9 Å². The van der Waals surface area contributed by atoms with Crippen molar-refractivity contribution >= 4 is 20.2 Å². The quantitative estimate of drug-likeness (QED) is 0.175. The van der Waals surface area contributed by atoms with Gasteiger partial charge in [-0.3, -0.25) is 12.2 Å². The van der Waals surface area contributed by atoms with Crippen LogP contribution < -0.4 is 0 Å². The maximum absolute atomic E-state index is 10.7. The fourth-order valence-corrected chi connectivity index (χ4v) is 0.680. The van der Waals surface area contributed by atoms with Crippen LogP contribution in [0.3, 0.4) is 0 Å². The molecule has 0 bridgehead atoms. The molecule has 6 nitrogen and oxygen atoms in total. The van der Waals surface area contributed by atoms with Gasteiger partial charge in [-0.25, -0.2) is 41.1 Å². The van der Waals surface area contributed by atoms with Gasteiger partial charge in [0.1, 0.15) is 0 Å². The van der Waals surface area contributed by atoms with E-state index >= 15 is 0 Å². The number of alkyl halides is 6. The van der Waals surface area contributed by atoms with Crippen molar-refractivity contribution in [3.05, 3.63) is 48.6 Å². The van der Waals surface area contributed by atoms with Gasteiger partial charge in [-0.05, 0) is 0 Å². The van der Waals surface area contributed by atoms with Gasteiger partial charge < -0.3 is 9.11 Å². The largest absolute Gasteiger partial charge is 4.00 e. The summed E-state index contributed by atoms with van der Waals surface area (Å²) in [6.45, 7) is 0. The summed E-state index contributed by atoms with van der Waals surface area (Å²) in [4.78, 5) is 0. The van der Waals surface area contributed by atoms with Crippen LogP contribution in [0.25, 0.3) is 0 Å². The summed E-state index contributed by atoms with van der Waals surface area (Å²) in [5.74, 6) is 0. The zero-order valence-corrected chi connectivity index (χ0v) is 16.1. The maximum atomic E-state index is 10.7. The summed E-state index contributed by atoms with van der Waals surface area (Å²) < 4.78 is 118. The van der Waals surface area contributed by atoms with Crippen LogP contribution >= 0.6 is 0 Å². The molecule has 0 aliphatic heterocycles. The van der Waals surface area contributed by atoms with Crippen molar-refractivity contribution in [3.63, 3.8) is 0 Å². The summed E-state index contributed by atoms with van der Waals surface area (Å²) in [7, 11) is -12.2. The standard InChI is InChI=1S/2C5H5.2CHF3O3S.Ti/c2*1-2-4-5-3-1;2*2-1(3,4)8(5,6)7;/h2*1-3H,4H2;2*(H,5,6,7);/q2*-1;;;+4/p-2. The van der Waals surface area contributed by atoms with Crippen LogP contribution in [0.1, 0.15) is 12.8 Å². The monoisotopic (exact) mass is 476 g/mol. The van der Waals surface area contributed by atoms with Crippen LogP contribution in [0.4, 0.5) is 26.3 Å². The number of allylic oxidation sites excluding steroid dienone is 8. The first-order chi connectivity index (χ1) is 11.5. The smallest absolute Gasteiger partial charge is 0.741 e. The normalized spacial score (nSPS) is 14.8. The van der Waals surface area contributed by atoms with E-state index in [0.29, 0.717) is 0 Å². The molecule has 0 amide bonds. The molecular weight excluding hydrogens is 466 g/mol. The van der Waals surface area contributed by atoms with Crippen LogP contribution in [-0.4, -0.2) is 37.0 Å². The van der Waals surface area contributed by atoms with Crippen LogP contribution in [0.2, 0.25) is 0 Å². The molecule has 0 saturated carbocycles. The molecule has 0 unspecified atom stereocenters. The summed E-state index contributed by atoms with van der Waals surface area (Å²) in [5.41, 5.74) is -11.3. The Balaban J connectivity index is -0.000000286. The Morgan fingerprint density at radius 2 is 0.926 bits per heavy atom. The summed E-state index contributed by atoms with van der Waals surface area (Å²) >= 11 is 0. The molecule has 0 spiro atoms. The van der Waals surface area contributed by atoms with Crippen LogP contribution in [-0.2, 0) is 42.0 Å². The molecule has 152 valence electrons. The molecule has 0 aromatic heterocycles. The second-order valence-corrected chi connectivity index (χ2v) is 6.55. The third kappa shape index (κ3) is 18.2. The molecule has 0 N–H and O–H groups in total. The van der Waals surface area contributed by atoms with E-state index in [1.165, 1.54) is 0 Å². The summed E-state index contributed by atoms with van der Waals surface area (Å²) in [5, 5.41) is 0. The first-order valence-corrected chi connectivity index (χ1v) is 8.79. The van der Waals surface area contributed by atoms with Gasteiger partial charge in [-0.1, -0.05) is 0 Å². The predicted molar refractivity (Wildman–Crippen MR) is 74.6 cm³/mol. The van der Waals surface area contributed by atoms with E-state index < -0.39 is 31.3 Å². The molecular formula is C12H10F6O6S2Ti. The number of rotatable bonds is 0. The van der Waals surface area contributed by atoms with Gasteiger partial charge in [0.2, 0.25) is 0 Å². The van der Waals surface area contributed by atoms with Crippen molar-refractivity contribution in [2.75, 3.05) is 0 Å². The van der Waals surface area contributed by atoms with Gasteiger partial charge in [-0.2, -0.15) is 38.5 Å². The Kier molecular flexibility index (Phi) is 15.1. The molecule has 0 radical (unpaired) electrons. The number of hydrogen-bond donors (Lipinski definition) is 0. The Hall–Kier alpha value is -0.926. The number of hydrogen-bond acceptors (Lipinski definition) is 6. The molecule has 0 heterocycles. The van der Waals surface area contributed by atoms with Crippen molar-refractivity contribution in [1.82, 2.24) is 0 Å². The zero-order valence-electron chi connectivity index (χ0n) is 12.9. The Morgan fingerprint density at radius 1 is 0.704 bits per heavy atom. The van der Waals surface area contributed by atoms with Gasteiger partial charge in [0, 0.05) is 0 Å². The van der Waals surface area contributed by atoms with E-state index in [-0.39, 0.29) is 21.7 Å². The summed E-state index contributed by atoms with van der Waals surface area (Å²) in [6, 6.07) is 0. The van der Waals surface area contributed by atoms with Crippen molar-refractivity contribution in [2.24, 2.45) is 0 Å². The Bertz CT molecular complexity index is 649. The molecule has 0 saturated heterocycles. The fourth-order valence-electron chi connectivity index (χ4n) is 0.680. The second-order valence-electron chi connectivity index (χ2n) is 3.81. The van der Waals surface area contributed by atoms with Gasteiger partial charge in [-0.15, -0.1) is 12.8 Å². The van der Waals surface area contributed by atoms with Crippen molar-refractivity contribution in [1.29, 1.82) is 0 Å². The van der Waals surface area contributed by atoms with Crippen LogP contribution in [0.15, 0.2) is 36.5 Å². The predicted octanol–water partition coefficient (Wildman–Crippen LogP) is 2.71. The minimum atomic E-state index is -6.09. The van der Waals surface area contributed by atoms with Gasteiger partial charge in [0.15, 0.2) is 20.2 Å². The van der Waals surface area contributed by atoms with Crippen LogP contribution in [0, 0.1) is 12.2 Å². The molecule has 2 rings (SSSR count). The minimum absolute atomic E-state index is 0. The molecule has 27 heavy (non-hydrogen) atoms. The summed E-state index contributed by atoms with van der Waals surface area (Å²) in [6.07, 6.45) is 20.0. The second kappa shape index (κ2) is 13.3. The Morgan fingerprint density at radius 3 is 0.963 bits per heavy atom. The molecule has 15 heteroatoms. The van der Waals surface area contributed by atoms with E-state index in [0.717, 1.165) is 12.8 Å². The van der Waals surface area contributed by atoms with E-state index in [2.05, 4.69) is 24.3 Å². The SMILES string of the molecule is O=S(=O)([O-])C(F)(F)F.O=S(=O)([O-])C(F)(F)F.[C-]1=CC=CC1.[C-]1=CC=CC1.[Ti+4]. The fraction of sp³-hybridized carbons (Fsp3) is 0.333. The Labute approximate surface area is 166 Å². The molecule has 0 fully saturated rings. The molecule has 2 aliphatic carbocycles. The average Bonchev–Trinajstić information content (AvgIpc) is 3.15. The first-order valence-electron chi connectivity index (χ1n) is 5.98. The van der Waals surface area contributed by atoms with Crippen molar-refractivity contribution in [2.45, 2.75) is 23.9 Å². The third-order valence-electron chi connectivity index (χ3n) is 1.74. The van der Waals surface area contributed by atoms with Crippen molar-refractivity contribution < 1.29 is 74.0 Å². The maximum Gasteiger partial charge on any atom is 4.00 e. The van der Waals surface area contributed by atoms with Crippen LogP contribution in [0.5, 0.6) is 0 Å². The van der Waals surface area contributed by atoms with Gasteiger partial charge >= 0.3 is 32.7 Å².